The Balaban J connectivity index is 0.000000209. The minimum Gasteiger partial charge on any atom is -0.478 e. The van der Waals surface area contributed by atoms with Gasteiger partial charge in [-0.05, 0) is 68.3 Å². The predicted molar refractivity (Wildman–Crippen MR) is 348 cm³/mol. The molecule has 2 aromatic carbocycles. The standard InChI is InChI=1S/C26H18Cl2N8O3.C18H16Cl2N8O.C17H11ClN4O4.5H2/c1-14(34-25(38)18-4-2-3-5-19(18)26(34)39)23-16(13-29-22-11-21(28)33-35(22)23)10-17(37)8-15-9-20(27)24(30-12-15)36-31-6-7-32-36;1-10(21)17-12(9-22-16-7-15(20)26-27(16)17)6-13(29)4-11-5-14(19)18(23-8-11)28-24-2-3-25-28;1-8(21-15(23)9-4-2-3-5-10(9)16(21)24)14-11(17(25)26)7-19-13-6-12(18)20-22(13)14;;;;;/h2-7,9,11-14H,8,10H2,1H3;2-3,5,7-10H,4,6,21H2,1H3;2-8H,1H3,(H,25,26);5*1H/t14-;10-;8-;;;;;/m000...../s1/i;;;4*1+1D;1+1. The number of hydrogen-bond donors (Lipinski definition) is 2. The molecular weight excluding hydrogens is 1320 g/mol. The zero-order chi connectivity index (χ0) is 74.4. The van der Waals surface area contributed by atoms with E-state index in [0.717, 1.165) is 4.90 Å². The van der Waals surface area contributed by atoms with Crippen molar-refractivity contribution >= 4 is 116 Å². The van der Waals surface area contributed by atoms with Gasteiger partial charge in [0.1, 0.15) is 17.1 Å². The zero-order valence-electron chi connectivity index (χ0n) is 57.0. The fraction of sp³-hybridized carbons (Fsp3) is 0.164. The van der Waals surface area contributed by atoms with Gasteiger partial charge >= 0.3 is 5.97 Å². The average molecular weight is 1380 g/mol. The average Bonchev–Trinajstić information content (AvgIpc) is 1.58. The lowest BCUT2D eigenvalue weighted by molar-refractivity contribution is -0.118. The van der Waals surface area contributed by atoms with E-state index < -0.39 is 41.7 Å². The Bertz CT molecular complexity index is 5030. The van der Waals surface area contributed by atoms with E-state index in [1.54, 1.807) is 116 Å². The first-order chi connectivity index (χ1) is 49.1. The number of carboxylic acid groups (broad SMARTS) is 1. The SMILES string of the molecule is C[C@@H](c1c(C(=O)O)cnc2cc(Cl)nn12)N1C(=O)c2ccccc2C1=O.C[C@@H](c1c(CC(=O)Cc2cnc(-n3nccn3)c(Cl)c2)cnc2cc(Cl)nn12)N1C(=O)c2ccccc2C1=O.C[C@H](N)c1c(CC(=O)Cc2cnc(-n3nccn3)c(Cl)c2)cnc2cc(Cl)nn12.[2HH].[2H][2H].[2H][2H].[2H][2H].[2H][2H]. The van der Waals surface area contributed by atoms with Crippen LogP contribution in [0.2, 0.25) is 25.5 Å². The molecule has 0 unspecified atom stereocenters. The van der Waals surface area contributed by atoms with Crippen LogP contribution in [0.5, 0.6) is 0 Å². The number of fused-ring (bicyclic) bond motifs is 5. The topological polar surface area (TPSA) is 350 Å². The lowest BCUT2D eigenvalue weighted by Crippen LogP contribution is -2.34. The largest absolute Gasteiger partial charge is 0.478 e. The van der Waals surface area contributed by atoms with Crippen LogP contribution in [0.4, 0.5) is 0 Å². The maximum atomic E-state index is 13.2. The molecule has 0 fully saturated rings. The van der Waals surface area contributed by atoms with Gasteiger partial charge in [0.25, 0.3) is 23.6 Å². The summed E-state index contributed by atoms with van der Waals surface area (Å²) in [6.45, 7) is 5.11. The minimum atomic E-state index is -1.25. The number of halogens is 5. The first-order valence-electron chi connectivity index (χ1n) is 32.2. The number of aromatic nitrogens is 17. The van der Waals surface area contributed by atoms with Gasteiger partial charge in [0, 0.05) is 105 Å². The molecule has 10 aromatic heterocycles. The Kier molecular flexibility index (Phi) is 16.3. The number of hydrogen-bond acceptors (Lipinski definition) is 20. The van der Waals surface area contributed by atoms with E-state index >= 15 is 0 Å². The van der Waals surface area contributed by atoms with Crippen molar-refractivity contribution in [3.63, 3.8) is 0 Å². The van der Waals surface area contributed by atoms with E-state index in [4.69, 9.17) is 75.6 Å². The van der Waals surface area contributed by atoms with E-state index in [2.05, 4.69) is 60.6 Å². The molecule has 12 heterocycles. The molecule has 482 valence electrons. The molecule has 3 atom stereocenters. The van der Waals surface area contributed by atoms with Gasteiger partial charge in [-0.25, -0.2) is 43.3 Å². The number of pyridine rings is 2. The molecule has 0 saturated carbocycles. The van der Waals surface area contributed by atoms with Gasteiger partial charge in [-0.15, -0.1) is 9.59 Å². The molecule has 0 spiro atoms. The number of carboxylic acids is 1. The highest BCUT2D eigenvalue weighted by molar-refractivity contribution is 6.33. The van der Waals surface area contributed by atoms with E-state index in [0.29, 0.717) is 88.5 Å². The molecule has 4 amide bonds. The third-order valence-electron chi connectivity index (χ3n) is 15.1. The molecule has 14 rings (SSSR count). The molecule has 3 N–H and O–H groups in total. The number of imide groups is 2. The van der Waals surface area contributed by atoms with Crippen molar-refractivity contribution in [2.45, 2.75) is 64.6 Å². The number of rotatable bonds is 16. The summed E-state index contributed by atoms with van der Waals surface area (Å²) in [6, 6.07) is 19.1. The summed E-state index contributed by atoms with van der Waals surface area (Å²) < 4.78 is 44.3. The molecule has 0 aliphatic carbocycles. The Labute approximate surface area is 568 Å². The molecule has 33 heteroatoms. The van der Waals surface area contributed by atoms with Crippen LogP contribution in [0.15, 0.2) is 135 Å². The summed E-state index contributed by atoms with van der Waals surface area (Å²) in [7, 11) is 0. The van der Waals surface area contributed by atoms with E-state index in [-0.39, 0.29) is 77.4 Å². The number of carbonyl (C=O) groups excluding carboxylic acids is 6. The Morgan fingerprint density at radius 1 is 0.489 bits per heavy atom. The fourth-order valence-electron chi connectivity index (χ4n) is 11.1. The van der Waals surface area contributed by atoms with Crippen molar-refractivity contribution < 1.29 is 52.0 Å². The van der Waals surface area contributed by atoms with Gasteiger partial charge in [0.2, 0.25) is 0 Å². The number of nitrogens with two attached hydrogens (primary N) is 1. The second kappa shape index (κ2) is 26.2. The number of ketones is 2. The summed E-state index contributed by atoms with van der Waals surface area (Å²) in [5.41, 5.74) is 12.3. The maximum absolute atomic E-state index is 13.2. The molecule has 0 radical (unpaired) electrons. The molecule has 0 bridgehead atoms. The van der Waals surface area contributed by atoms with Gasteiger partial charge in [0.05, 0.1) is 86.3 Å². The molecule has 2 aliphatic rings. The monoisotopic (exact) mass is 1380 g/mol. The van der Waals surface area contributed by atoms with Crippen LogP contribution >= 0.6 is 58.0 Å². The Morgan fingerprint density at radius 3 is 1.21 bits per heavy atom. The first kappa shape index (κ1) is 58.5. The molecule has 2 aliphatic heterocycles. The number of aromatic carboxylic acids is 1. The highest BCUT2D eigenvalue weighted by Gasteiger charge is 2.42. The second-order valence-corrected chi connectivity index (χ2v) is 23.3. The van der Waals surface area contributed by atoms with Crippen LogP contribution in [-0.4, -0.2) is 140 Å². The second-order valence-electron chi connectivity index (χ2n) is 21.3. The van der Waals surface area contributed by atoms with Crippen LogP contribution in [0, 0.1) is 0 Å². The van der Waals surface area contributed by atoms with Crippen molar-refractivity contribution in [2.75, 3.05) is 0 Å². The number of amides is 4. The van der Waals surface area contributed by atoms with Gasteiger partial charge in [-0.1, -0.05) is 82.3 Å². The number of carbonyl (C=O) groups is 7. The highest BCUT2D eigenvalue weighted by Crippen LogP contribution is 2.36. The van der Waals surface area contributed by atoms with Crippen LogP contribution in [0.25, 0.3) is 28.6 Å². The molecule has 0 saturated heterocycles. The van der Waals surface area contributed by atoms with Crippen molar-refractivity contribution in [3.05, 3.63) is 227 Å². The highest BCUT2D eigenvalue weighted by atomic mass is 35.5. The van der Waals surface area contributed by atoms with E-state index in [9.17, 15) is 38.7 Å². The number of nitrogens with zero attached hydrogens (tertiary/aromatic N) is 19. The van der Waals surface area contributed by atoms with Crippen molar-refractivity contribution in [3.8, 4) is 11.6 Å². The van der Waals surface area contributed by atoms with Crippen molar-refractivity contribution in [2.24, 2.45) is 5.73 Å². The summed E-state index contributed by atoms with van der Waals surface area (Å²) in [4.78, 5) is 116. The normalized spacial score (nSPS) is 14.0. The lowest BCUT2D eigenvalue weighted by Gasteiger charge is -2.25. The third-order valence-corrected chi connectivity index (χ3v) is 16.2. The molecule has 12 aromatic rings. The molecule has 28 nitrogen and oxygen atoms in total. The summed E-state index contributed by atoms with van der Waals surface area (Å²) in [5, 5.41) is 39.4. The summed E-state index contributed by atoms with van der Waals surface area (Å²) in [5.74, 6) is -2.51. The lowest BCUT2D eigenvalue weighted by atomic mass is 10.0. The van der Waals surface area contributed by atoms with Gasteiger partial charge in [0.15, 0.2) is 44.0 Å². The summed E-state index contributed by atoms with van der Waals surface area (Å²) >= 11 is 30.7. The quantitative estimate of drug-likeness (QED) is 0.0849. The first-order valence-corrected chi connectivity index (χ1v) is 30.1. The third kappa shape index (κ3) is 12.3. The van der Waals surface area contributed by atoms with Crippen LogP contribution < -0.4 is 5.73 Å². The van der Waals surface area contributed by atoms with Crippen LogP contribution in [-0.2, 0) is 35.3 Å². The van der Waals surface area contributed by atoms with Crippen molar-refractivity contribution in [1.29, 1.82) is 0 Å². The van der Waals surface area contributed by atoms with E-state index in [1.807, 2.05) is 6.92 Å². The van der Waals surface area contributed by atoms with Crippen LogP contribution in [0.1, 0.15) is 143 Å². The smallest absolute Gasteiger partial charge is 0.339 e. The predicted octanol–water partition coefficient (Wildman–Crippen LogP) is 9.78. The van der Waals surface area contributed by atoms with Crippen LogP contribution in [0.3, 0.4) is 0 Å². The minimum absolute atomic E-state index is 0. The van der Waals surface area contributed by atoms with Gasteiger partial charge in [-0.2, -0.15) is 35.7 Å². The fourth-order valence-corrected chi connectivity index (χ4v) is 12.1. The maximum Gasteiger partial charge on any atom is 0.339 e. The molecular formula is C61H55Cl5N20O8. The summed E-state index contributed by atoms with van der Waals surface area (Å²) in [6.07, 6.45) is 13.9. The van der Waals surface area contributed by atoms with Crippen molar-refractivity contribution in [1.82, 2.24) is 93.5 Å². The zero-order valence-corrected chi connectivity index (χ0v) is 52.8. The van der Waals surface area contributed by atoms with Gasteiger partial charge in [-0.3, -0.25) is 38.6 Å². The van der Waals surface area contributed by atoms with E-state index in [1.165, 1.54) is 60.6 Å². The molecule has 94 heavy (non-hydrogen) atoms. The Morgan fingerprint density at radius 2 is 0.840 bits per heavy atom. The van der Waals surface area contributed by atoms with Gasteiger partial charge < -0.3 is 10.8 Å². The number of Topliss-reactive ketones (excluding diaryl/α,β-unsaturated/α-hetero) is 2. The number of benzene rings is 2. The Hall–Kier alpha value is -10.6.